The van der Waals surface area contributed by atoms with E-state index in [2.05, 4.69) is 132 Å². The summed E-state index contributed by atoms with van der Waals surface area (Å²) in [6, 6.07) is 55.5. The number of anilines is 3. The third-order valence-electron chi connectivity index (χ3n) is 9.87. The van der Waals surface area contributed by atoms with Crippen molar-refractivity contribution in [2.45, 2.75) is 0 Å². The highest BCUT2D eigenvalue weighted by Gasteiger charge is 2.20. The SMILES string of the molecule is c1ccc(N(c2ccc3c(c2)oc2cccc(-c4nc5c(ccc6ccccc65)o4)c23)c2ccc3sc4c5ccccc5ccc4c3c2)cc1. The number of hydrogen-bond acceptors (Lipinski definition) is 5. The lowest BCUT2D eigenvalue weighted by Crippen LogP contribution is -2.09. The first-order valence-corrected chi connectivity index (χ1v) is 17.5. The van der Waals surface area contributed by atoms with E-state index in [1.807, 2.05) is 41.7 Å². The number of thiophene rings is 1. The van der Waals surface area contributed by atoms with Gasteiger partial charge in [-0.15, -0.1) is 11.3 Å². The largest absolute Gasteiger partial charge is 0.456 e. The number of para-hydroxylation sites is 1. The second kappa shape index (κ2) is 10.5. The molecule has 50 heavy (non-hydrogen) atoms. The van der Waals surface area contributed by atoms with E-state index in [9.17, 15) is 0 Å². The predicted molar refractivity (Wildman–Crippen MR) is 209 cm³/mol. The number of aromatic nitrogens is 1. The first-order chi connectivity index (χ1) is 24.8. The fourth-order valence-corrected chi connectivity index (χ4v) is 8.78. The van der Waals surface area contributed by atoms with E-state index < -0.39 is 0 Å². The molecule has 0 saturated heterocycles. The van der Waals surface area contributed by atoms with Crippen molar-refractivity contribution in [2.24, 2.45) is 0 Å². The van der Waals surface area contributed by atoms with Crippen LogP contribution < -0.4 is 4.90 Å². The van der Waals surface area contributed by atoms with E-state index >= 15 is 0 Å². The van der Waals surface area contributed by atoms with Crippen LogP contribution in [0.5, 0.6) is 0 Å². The minimum absolute atomic E-state index is 0.587. The average molecular weight is 659 g/mol. The van der Waals surface area contributed by atoms with Crippen LogP contribution in [0.3, 0.4) is 0 Å². The highest BCUT2D eigenvalue weighted by molar-refractivity contribution is 7.26. The Hall–Kier alpha value is -6.43. The molecule has 3 aromatic heterocycles. The number of benzene rings is 8. The second-order valence-corrected chi connectivity index (χ2v) is 13.8. The summed E-state index contributed by atoms with van der Waals surface area (Å²) >= 11 is 1.86. The topological polar surface area (TPSA) is 42.4 Å². The summed E-state index contributed by atoms with van der Waals surface area (Å²) in [5.74, 6) is 0.587. The van der Waals surface area contributed by atoms with E-state index in [0.29, 0.717) is 5.89 Å². The number of rotatable bonds is 4. The summed E-state index contributed by atoms with van der Waals surface area (Å²) in [7, 11) is 0. The first-order valence-electron chi connectivity index (χ1n) is 16.7. The molecule has 0 spiro atoms. The minimum atomic E-state index is 0.587. The maximum absolute atomic E-state index is 6.58. The third-order valence-corrected chi connectivity index (χ3v) is 11.1. The van der Waals surface area contributed by atoms with Crippen LogP contribution in [-0.4, -0.2) is 4.98 Å². The molecule has 234 valence electrons. The molecule has 0 N–H and O–H groups in total. The van der Waals surface area contributed by atoms with Crippen molar-refractivity contribution in [1.29, 1.82) is 0 Å². The van der Waals surface area contributed by atoms with Gasteiger partial charge in [0.05, 0.1) is 0 Å². The molecule has 0 amide bonds. The monoisotopic (exact) mass is 658 g/mol. The molecule has 0 aliphatic carbocycles. The van der Waals surface area contributed by atoms with Crippen molar-refractivity contribution < 1.29 is 8.83 Å². The van der Waals surface area contributed by atoms with Crippen LogP contribution >= 0.6 is 11.3 Å². The summed E-state index contributed by atoms with van der Waals surface area (Å²) in [4.78, 5) is 7.32. The number of oxazole rings is 1. The zero-order chi connectivity index (χ0) is 32.8. The molecule has 5 heteroatoms. The van der Waals surface area contributed by atoms with Crippen LogP contribution in [0.25, 0.3) is 86.2 Å². The van der Waals surface area contributed by atoms with Crippen molar-refractivity contribution in [3.8, 4) is 11.5 Å². The van der Waals surface area contributed by atoms with Crippen LogP contribution in [0.4, 0.5) is 17.1 Å². The minimum Gasteiger partial charge on any atom is -0.456 e. The van der Waals surface area contributed by atoms with Gasteiger partial charge in [-0.05, 0) is 76.8 Å². The molecular formula is C45H26N2O2S. The van der Waals surface area contributed by atoms with Gasteiger partial charge in [-0.2, -0.15) is 0 Å². The average Bonchev–Trinajstić information content (AvgIpc) is 3.89. The summed E-state index contributed by atoms with van der Waals surface area (Å²) in [5, 5.41) is 9.35. The van der Waals surface area contributed by atoms with Crippen LogP contribution in [0.1, 0.15) is 0 Å². The fourth-order valence-electron chi connectivity index (χ4n) is 7.56. The van der Waals surface area contributed by atoms with Crippen molar-refractivity contribution in [3.05, 3.63) is 158 Å². The zero-order valence-corrected chi connectivity index (χ0v) is 27.4. The summed E-state index contributed by atoms with van der Waals surface area (Å²) in [6.45, 7) is 0. The van der Waals surface area contributed by atoms with E-state index in [4.69, 9.17) is 13.8 Å². The Bertz CT molecular complexity index is 3120. The Balaban J connectivity index is 1.08. The number of nitrogens with zero attached hydrogens (tertiary/aromatic N) is 2. The molecule has 0 radical (unpaired) electrons. The Morgan fingerprint density at radius 1 is 0.460 bits per heavy atom. The van der Waals surface area contributed by atoms with Gasteiger partial charge in [-0.1, -0.05) is 91.0 Å². The van der Waals surface area contributed by atoms with Gasteiger partial charge < -0.3 is 13.7 Å². The fraction of sp³-hybridized carbons (Fsp3) is 0. The number of fused-ring (bicyclic) bond motifs is 11. The lowest BCUT2D eigenvalue weighted by Gasteiger charge is -2.25. The van der Waals surface area contributed by atoms with Gasteiger partial charge in [-0.25, -0.2) is 4.98 Å². The normalized spacial score (nSPS) is 12.0. The molecule has 11 rings (SSSR count). The van der Waals surface area contributed by atoms with E-state index in [0.717, 1.165) is 66.4 Å². The van der Waals surface area contributed by atoms with E-state index in [1.54, 1.807) is 0 Å². The van der Waals surface area contributed by atoms with Gasteiger partial charge in [0.1, 0.15) is 16.7 Å². The molecule has 8 aromatic carbocycles. The maximum atomic E-state index is 6.58. The quantitative estimate of drug-likeness (QED) is 0.189. The zero-order valence-electron chi connectivity index (χ0n) is 26.6. The molecule has 11 aromatic rings. The standard InChI is InChI=1S/C45H26N2O2S/c1-2-11-29(12-3-1)47(30-20-24-41-37(25-30)34-21-17-28-10-5-7-14-33(28)44(34)50-41)31-19-22-35-40(26-31)48-38-16-8-15-36(42(35)38)45-46-43-32-13-6-4-9-27(32)18-23-39(43)49-45/h1-26H. The lowest BCUT2D eigenvalue weighted by atomic mass is 10.0. The Kier molecular flexibility index (Phi) is 5.80. The first kappa shape index (κ1) is 27.5. The molecule has 3 heterocycles. The molecule has 0 fully saturated rings. The van der Waals surface area contributed by atoms with Gasteiger partial charge in [-0.3, -0.25) is 0 Å². The molecular weight excluding hydrogens is 633 g/mol. The summed E-state index contributed by atoms with van der Waals surface area (Å²) in [6.07, 6.45) is 0. The molecule has 0 atom stereocenters. The molecule has 0 bridgehead atoms. The lowest BCUT2D eigenvalue weighted by molar-refractivity contribution is 0.620. The van der Waals surface area contributed by atoms with Crippen LogP contribution in [0.15, 0.2) is 167 Å². The van der Waals surface area contributed by atoms with Crippen molar-refractivity contribution >= 4 is 103 Å². The molecule has 0 aliphatic rings. The van der Waals surface area contributed by atoms with Crippen LogP contribution in [0.2, 0.25) is 0 Å². The Morgan fingerprint density at radius 2 is 1.20 bits per heavy atom. The smallest absolute Gasteiger partial charge is 0.228 e. The molecule has 0 saturated carbocycles. The third kappa shape index (κ3) is 4.08. The number of hydrogen-bond donors (Lipinski definition) is 0. The van der Waals surface area contributed by atoms with Crippen molar-refractivity contribution in [2.75, 3.05) is 4.90 Å². The van der Waals surface area contributed by atoms with Gasteiger partial charge >= 0.3 is 0 Å². The predicted octanol–water partition coefficient (Wildman–Crippen LogP) is 13.5. The molecule has 0 aliphatic heterocycles. The van der Waals surface area contributed by atoms with Gasteiger partial charge in [0, 0.05) is 65.0 Å². The number of furan rings is 1. The Labute approximate surface area is 290 Å². The molecule has 0 unspecified atom stereocenters. The van der Waals surface area contributed by atoms with Gasteiger partial charge in [0.15, 0.2) is 5.58 Å². The highest BCUT2D eigenvalue weighted by atomic mass is 32.1. The second-order valence-electron chi connectivity index (χ2n) is 12.7. The Morgan fingerprint density at radius 3 is 2.10 bits per heavy atom. The molecule has 4 nitrogen and oxygen atoms in total. The maximum Gasteiger partial charge on any atom is 0.228 e. The van der Waals surface area contributed by atoms with Crippen molar-refractivity contribution in [1.82, 2.24) is 4.98 Å². The van der Waals surface area contributed by atoms with Gasteiger partial charge in [0.25, 0.3) is 0 Å². The van der Waals surface area contributed by atoms with Crippen LogP contribution in [0, 0.1) is 0 Å². The summed E-state index contributed by atoms with van der Waals surface area (Å²) < 4.78 is 15.6. The van der Waals surface area contributed by atoms with E-state index in [-0.39, 0.29) is 0 Å². The van der Waals surface area contributed by atoms with Crippen LogP contribution in [-0.2, 0) is 0 Å². The van der Waals surface area contributed by atoms with E-state index in [1.165, 1.54) is 30.9 Å². The van der Waals surface area contributed by atoms with Gasteiger partial charge in [0.2, 0.25) is 5.89 Å². The van der Waals surface area contributed by atoms with Crippen molar-refractivity contribution in [3.63, 3.8) is 0 Å². The highest BCUT2D eigenvalue weighted by Crippen LogP contribution is 2.44. The summed E-state index contributed by atoms with van der Waals surface area (Å²) in [5.41, 5.74) is 7.34.